The summed E-state index contributed by atoms with van der Waals surface area (Å²) in [5.74, 6) is -2.33. The Morgan fingerprint density at radius 1 is 1.00 bits per heavy atom. The lowest BCUT2D eigenvalue weighted by Gasteiger charge is -2.39. The summed E-state index contributed by atoms with van der Waals surface area (Å²) in [6.45, 7) is 1.36. The van der Waals surface area contributed by atoms with E-state index in [1.807, 2.05) is 31.2 Å². The molecule has 190 valence electrons. The van der Waals surface area contributed by atoms with Crippen LogP contribution in [-0.2, 0) is 19.1 Å². The average Bonchev–Trinajstić information content (AvgIpc) is 2.84. The predicted octanol–water partition coefficient (Wildman–Crippen LogP) is 0.973. The van der Waals surface area contributed by atoms with Crippen LogP contribution in [0.1, 0.15) is 12.0 Å². The summed E-state index contributed by atoms with van der Waals surface area (Å²) in [5.41, 5.74) is 2.11. The van der Waals surface area contributed by atoms with Gasteiger partial charge in [-0.05, 0) is 24.6 Å². The maximum Gasteiger partial charge on any atom is 0.317 e. The first-order valence-corrected chi connectivity index (χ1v) is 11.0. The van der Waals surface area contributed by atoms with Crippen LogP contribution in [0.15, 0.2) is 57.9 Å². The first-order valence-electron chi connectivity index (χ1n) is 11.0. The minimum atomic E-state index is -1.71. The quantitative estimate of drug-likeness (QED) is 0.269. The van der Waals surface area contributed by atoms with Crippen molar-refractivity contribution in [3.05, 3.63) is 64.5 Å². The van der Waals surface area contributed by atoms with Crippen LogP contribution < -0.4 is 10.2 Å². The standard InChI is InChI=1S/C25H24O11/c1-12-2-4-13(5-3-12)16-10-33-17-8-14(6-7-15(17)21(16)29)35-25-24(32)23(31)22(30)18(36-25)11-34-20(28)9-19(26)27/h2-8,10,18,22-25,30-32H,9,11H2,1H3,(H,26,27)/t18?,22-,23+,24?,25-/m1/s1. The Hall–Kier alpha value is -3.77. The highest BCUT2D eigenvalue weighted by Crippen LogP contribution is 2.28. The summed E-state index contributed by atoms with van der Waals surface area (Å²) < 4.78 is 21.5. The van der Waals surface area contributed by atoms with E-state index in [0.717, 1.165) is 5.56 Å². The molecule has 11 heteroatoms. The van der Waals surface area contributed by atoms with Gasteiger partial charge in [-0.15, -0.1) is 0 Å². The monoisotopic (exact) mass is 500 g/mol. The molecule has 1 aliphatic rings. The van der Waals surface area contributed by atoms with Crippen LogP contribution in [-0.4, -0.2) is 69.7 Å². The number of aryl methyl sites for hydroxylation is 1. The lowest BCUT2D eigenvalue weighted by Crippen LogP contribution is -2.60. The van der Waals surface area contributed by atoms with E-state index in [4.69, 9.17) is 23.7 Å². The largest absolute Gasteiger partial charge is 0.481 e. The van der Waals surface area contributed by atoms with Crippen molar-refractivity contribution in [1.82, 2.24) is 0 Å². The molecule has 4 rings (SSSR count). The topological polar surface area (TPSA) is 173 Å². The van der Waals surface area contributed by atoms with E-state index in [1.165, 1.54) is 24.5 Å². The zero-order valence-corrected chi connectivity index (χ0v) is 19.1. The van der Waals surface area contributed by atoms with Crippen LogP contribution >= 0.6 is 0 Å². The summed E-state index contributed by atoms with van der Waals surface area (Å²) in [7, 11) is 0. The van der Waals surface area contributed by atoms with Gasteiger partial charge in [-0.2, -0.15) is 0 Å². The average molecular weight is 500 g/mol. The number of hydrogen-bond acceptors (Lipinski definition) is 10. The number of rotatable bonds is 7. The molecule has 0 spiro atoms. The van der Waals surface area contributed by atoms with Crippen molar-refractivity contribution < 1.29 is 48.6 Å². The van der Waals surface area contributed by atoms with Crippen LogP contribution in [0.5, 0.6) is 5.75 Å². The van der Waals surface area contributed by atoms with Gasteiger partial charge in [0.15, 0.2) is 5.43 Å². The smallest absolute Gasteiger partial charge is 0.317 e. The van der Waals surface area contributed by atoms with Gasteiger partial charge in [0.05, 0.1) is 10.9 Å². The number of benzene rings is 2. The van der Waals surface area contributed by atoms with Crippen LogP contribution in [0, 0.1) is 6.92 Å². The third-order valence-electron chi connectivity index (χ3n) is 5.73. The molecule has 0 saturated carbocycles. The zero-order valence-electron chi connectivity index (χ0n) is 19.1. The SMILES string of the molecule is Cc1ccc(-c2coc3cc(O[C@@H]4OC(COC(=O)CC(=O)O)[C@@H](O)[C@H](O)C4O)ccc3c2=O)cc1. The molecule has 11 nitrogen and oxygen atoms in total. The first kappa shape index (κ1) is 25.3. The molecular formula is C25H24O11. The Morgan fingerprint density at radius 3 is 2.42 bits per heavy atom. The number of carboxylic acids is 1. The van der Waals surface area contributed by atoms with Crippen molar-refractivity contribution in [1.29, 1.82) is 0 Å². The number of esters is 1. The zero-order chi connectivity index (χ0) is 26.0. The lowest BCUT2D eigenvalue weighted by molar-refractivity contribution is -0.278. The number of fused-ring (bicyclic) bond motifs is 1. The molecule has 36 heavy (non-hydrogen) atoms. The molecular weight excluding hydrogens is 476 g/mol. The Balaban J connectivity index is 1.51. The van der Waals surface area contributed by atoms with Gasteiger partial charge in [-0.25, -0.2) is 0 Å². The van der Waals surface area contributed by atoms with Crippen molar-refractivity contribution in [2.45, 2.75) is 44.1 Å². The van der Waals surface area contributed by atoms with Crippen LogP contribution in [0.3, 0.4) is 0 Å². The number of aliphatic hydroxyl groups excluding tert-OH is 3. The molecule has 2 heterocycles. The maximum atomic E-state index is 13.0. The van der Waals surface area contributed by atoms with Crippen molar-refractivity contribution in [3.63, 3.8) is 0 Å². The molecule has 1 aromatic heterocycles. The number of ether oxygens (including phenoxy) is 3. The summed E-state index contributed by atoms with van der Waals surface area (Å²) in [5, 5.41) is 39.6. The summed E-state index contributed by atoms with van der Waals surface area (Å²) in [6.07, 6.45) is -7.34. The van der Waals surface area contributed by atoms with E-state index in [2.05, 4.69) is 0 Å². The third-order valence-corrected chi connectivity index (χ3v) is 5.73. The van der Waals surface area contributed by atoms with Gasteiger partial charge in [0.1, 0.15) is 55.0 Å². The highest BCUT2D eigenvalue weighted by Gasteiger charge is 2.45. The van der Waals surface area contributed by atoms with Gasteiger partial charge in [0.25, 0.3) is 0 Å². The van der Waals surface area contributed by atoms with Gasteiger partial charge in [0, 0.05) is 6.07 Å². The van der Waals surface area contributed by atoms with Gasteiger partial charge in [0.2, 0.25) is 6.29 Å². The minimum Gasteiger partial charge on any atom is -0.481 e. The van der Waals surface area contributed by atoms with Gasteiger partial charge in [-0.1, -0.05) is 29.8 Å². The van der Waals surface area contributed by atoms with E-state index >= 15 is 0 Å². The normalized spacial score (nSPS) is 23.8. The fourth-order valence-corrected chi connectivity index (χ4v) is 3.75. The van der Waals surface area contributed by atoms with E-state index in [9.17, 15) is 29.7 Å². The van der Waals surface area contributed by atoms with E-state index in [0.29, 0.717) is 16.5 Å². The summed E-state index contributed by atoms with van der Waals surface area (Å²) >= 11 is 0. The molecule has 0 aliphatic carbocycles. The molecule has 2 unspecified atom stereocenters. The molecule has 2 aromatic carbocycles. The summed E-state index contributed by atoms with van der Waals surface area (Å²) in [4.78, 5) is 35.1. The molecule has 0 amide bonds. The molecule has 5 atom stereocenters. The van der Waals surface area contributed by atoms with Crippen LogP contribution in [0.4, 0.5) is 0 Å². The number of aliphatic carboxylic acids is 1. The molecule has 1 fully saturated rings. The first-order chi connectivity index (χ1) is 17.1. The number of carbonyl (C=O) groups is 2. The lowest BCUT2D eigenvalue weighted by atomic mass is 9.99. The van der Waals surface area contributed by atoms with E-state index in [1.54, 1.807) is 0 Å². The van der Waals surface area contributed by atoms with E-state index in [-0.39, 0.29) is 16.8 Å². The molecule has 0 radical (unpaired) electrons. The third kappa shape index (κ3) is 5.39. The van der Waals surface area contributed by atoms with Crippen LogP contribution in [0.25, 0.3) is 22.1 Å². The second-order valence-corrected chi connectivity index (χ2v) is 8.39. The second-order valence-electron chi connectivity index (χ2n) is 8.39. The molecule has 1 saturated heterocycles. The van der Waals surface area contributed by atoms with Crippen molar-refractivity contribution >= 4 is 22.9 Å². The highest BCUT2D eigenvalue weighted by molar-refractivity contribution is 5.90. The summed E-state index contributed by atoms with van der Waals surface area (Å²) in [6, 6.07) is 11.8. The minimum absolute atomic E-state index is 0.128. The predicted molar refractivity (Wildman–Crippen MR) is 123 cm³/mol. The number of aliphatic hydroxyl groups is 3. The van der Waals surface area contributed by atoms with Gasteiger partial charge in [-0.3, -0.25) is 14.4 Å². The van der Waals surface area contributed by atoms with Crippen LogP contribution in [0.2, 0.25) is 0 Å². The van der Waals surface area contributed by atoms with Gasteiger partial charge >= 0.3 is 11.9 Å². The van der Waals surface area contributed by atoms with Gasteiger partial charge < -0.3 is 39.1 Å². The van der Waals surface area contributed by atoms with E-state index < -0.39 is 55.7 Å². The Bertz CT molecular complexity index is 1310. The second kappa shape index (κ2) is 10.5. The van der Waals surface area contributed by atoms with Crippen molar-refractivity contribution in [3.8, 4) is 16.9 Å². The number of carboxylic acid groups (broad SMARTS) is 1. The Labute approximate surface area is 204 Å². The van der Waals surface area contributed by atoms with Crippen molar-refractivity contribution in [2.24, 2.45) is 0 Å². The maximum absolute atomic E-state index is 13.0. The Kier molecular flexibility index (Phi) is 7.36. The number of hydrogen-bond donors (Lipinski definition) is 4. The molecule has 3 aromatic rings. The molecule has 1 aliphatic heterocycles. The fourth-order valence-electron chi connectivity index (χ4n) is 3.75. The number of carbonyl (C=O) groups excluding carboxylic acids is 1. The highest BCUT2D eigenvalue weighted by atomic mass is 16.7. The molecule has 4 N–H and O–H groups in total. The molecule has 0 bridgehead atoms. The fraction of sp³-hybridized carbons (Fsp3) is 0.320. The van der Waals surface area contributed by atoms with Crippen molar-refractivity contribution in [2.75, 3.05) is 6.61 Å². The Morgan fingerprint density at radius 2 is 1.72 bits per heavy atom.